The van der Waals surface area contributed by atoms with Crippen molar-refractivity contribution in [2.45, 2.75) is 24.0 Å². The average molecular weight is 297 g/mol. The molecule has 0 fully saturated rings. The van der Waals surface area contributed by atoms with E-state index < -0.39 is 10.0 Å². The fraction of sp³-hybridized carbons (Fsp3) is 0.333. The Morgan fingerprint density at radius 1 is 1.26 bits per heavy atom. The molecule has 5 nitrogen and oxygen atoms in total. The van der Waals surface area contributed by atoms with Gasteiger partial charge in [-0.15, -0.1) is 11.3 Å². The Morgan fingerprint density at radius 3 is 2.63 bits per heavy atom. The van der Waals surface area contributed by atoms with Crippen molar-refractivity contribution >= 4 is 21.4 Å². The largest absolute Gasteiger partial charge is 0.250 e. The maximum atomic E-state index is 12.0. The third kappa shape index (κ3) is 3.82. The van der Waals surface area contributed by atoms with E-state index in [0.29, 0.717) is 17.2 Å². The highest BCUT2D eigenvalue weighted by Gasteiger charge is 2.15. The predicted octanol–water partition coefficient (Wildman–Crippen LogP) is 1.62. The molecule has 0 atom stereocenters. The molecule has 2 heterocycles. The third-order valence-corrected chi connectivity index (χ3v) is 5.75. The van der Waals surface area contributed by atoms with Crippen LogP contribution in [0.15, 0.2) is 35.1 Å². The summed E-state index contributed by atoms with van der Waals surface area (Å²) in [5.74, 6) is 0. The van der Waals surface area contributed by atoms with Gasteiger partial charge in [0.05, 0.1) is 0 Å². The summed E-state index contributed by atoms with van der Waals surface area (Å²) in [4.78, 5) is 8.84. The van der Waals surface area contributed by atoms with Crippen molar-refractivity contribution in [2.24, 2.45) is 0 Å². The summed E-state index contributed by atoms with van der Waals surface area (Å²) in [5, 5.41) is 0. The zero-order chi connectivity index (χ0) is 13.7. The smallest absolute Gasteiger partial charge is 0.245 e. The minimum absolute atomic E-state index is 0.342. The molecular formula is C12H15N3O2S2. The van der Waals surface area contributed by atoms with Gasteiger partial charge in [0.1, 0.15) is 10.5 Å². The molecule has 19 heavy (non-hydrogen) atoms. The first-order chi connectivity index (χ1) is 9.12. The van der Waals surface area contributed by atoms with Gasteiger partial charge in [-0.1, -0.05) is 6.92 Å². The van der Waals surface area contributed by atoms with Crippen molar-refractivity contribution in [3.05, 3.63) is 41.3 Å². The maximum absolute atomic E-state index is 12.0. The second kappa shape index (κ2) is 6.23. The minimum Gasteiger partial charge on any atom is -0.245 e. The van der Waals surface area contributed by atoms with Crippen LogP contribution in [0.2, 0.25) is 0 Å². The molecule has 0 saturated carbocycles. The summed E-state index contributed by atoms with van der Waals surface area (Å²) < 4.78 is 27.0. The van der Waals surface area contributed by atoms with Gasteiger partial charge in [0.15, 0.2) is 0 Å². The molecule has 0 unspecified atom stereocenters. The fourth-order valence-electron chi connectivity index (χ4n) is 1.55. The Labute approximate surface area is 116 Å². The zero-order valence-corrected chi connectivity index (χ0v) is 12.2. The molecule has 7 heteroatoms. The number of aryl methyl sites for hydroxylation is 1. The molecule has 2 aromatic heterocycles. The lowest BCUT2D eigenvalue weighted by Crippen LogP contribution is -2.25. The lowest BCUT2D eigenvalue weighted by Gasteiger charge is -2.04. The van der Waals surface area contributed by atoms with Crippen molar-refractivity contribution in [1.29, 1.82) is 0 Å². The summed E-state index contributed by atoms with van der Waals surface area (Å²) in [6.07, 6.45) is 6.24. The summed E-state index contributed by atoms with van der Waals surface area (Å²) in [7, 11) is -3.39. The van der Waals surface area contributed by atoms with Gasteiger partial charge in [-0.3, -0.25) is 0 Å². The number of thiophene rings is 1. The SMILES string of the molecule is CCc1ccc(S(=O)(=O)NCCc2cncnc2)s1. The van der Waals surface area contributed by atoms with Crippen LogP contribution in [0, 0.1) is 0 Å². The van der Waals surface area contributed by atoms with Gasteiger partial charge in [-0.05, 0) is 30.5 Å². The van der Waals surface area contributed by atoms with Crippen LogP contribution >= 0.6 is 11.3 Å². The topological polar surface area (TPSA) is 72.0 Å². The monoisotopic (exact) mass is 297 g/mol. The summed E-state index contributed by atoms with van der Waals surface area (Å²) in [6.45, 7) is 2.35. The molecule has 2 aromatic rings. The molecule has 0 bridgehead atoms. The fourth-order valence-corrected chi connectivity index (χ4v) is 3.92. The molecular weight excluding hydrogens is 282 g/mol. The minimum atomic E-state index is -3.39. The number of rotatable bonds is 6. The second-order valence-corrected chi connectivity index (χ2v) is 7.13. The van der Waals surface area contributed by atoms with Gasteiger partial charge >= 0.3 is 0 Å². The number of nitrogens with one attached hydrogen (secondary N) is 1. The van der Waals surface area contributed by atoms with Gasteiger partial charge in [0.25, 0.3) is 0 Å². The lowest BCUT2D eigenvalue weighted by atomic mass is 10.2. The van der Waals surface area contributed by atoms with Crippen molar-refractivity contribution in [3.63, 3.8) is 0 Å². The Kier molecular flexibility index (Phi) is 4.62. The van der Waals surface area contributed by atoms with Crippen molar-refractivity contribution in [3.8, 4) is 0 Å². The number of hydrogen-bond acceptors (Lipinski definition) is 5. The van der Waals surface area contributed by atoms with Crippen LogP contribution < -0.4 is 4.72 Å². The highest BCUT2D eigenvalue weighted by atomic mass is 32.2. The Hall–Kier alpha value is -1.31. The van der Waals surface area contributed by atoms with Gasteiger partial charge < -0.3 is 0 Å². The maximum Gasteiger partial charge on any atom is 0.250 e. The van der Waals surface area contributed by atoms with E-state index >= 15 is 0 Å². The van der Waals surface area contributed by atoms with Crippen LogP contribution in [0.1, 0.15) is 17.4 Å². The Balaban J connectivity index is 1.94. The predicted molar refractivity (Wildman–Crippen MR) is 74.6 cm³/mol. The molecule has 0 radical (unpaired) electrons. The molecule has 0 aliphatic rings. The zero-order valence-electron chi connectivity index (χ0n) is 10.5. The summed E-state index contributed by atoms with van der Waals surface area (Å²) >= 11 is 1.31. The van der Waals surface area contributed by atoms with Gasteiger partial charge in [-0.25, -0.2) is 23.1 Å². The first-order valence-electron chi connectivity index (χ1n) is 5.94. The van der Waals surface area contributed by atoms with Gasteiger partial charge in [0, 0.05) is 23.8 Å². The molecule has 1 N–H and O–H groups in total. The molecule has 102 valence electrons. The number of nitrogens with zero attached hydrogens (tertiary/aromatic N) is 2. The lowest BCUT2D eigenvalue weighted by molar-refractivity contribution is 0.583. The normalized spacial score (nSPS) is 11.6. The number of sulfonamides is 1. The third-order valence-electron chi connectivity index (χ3n) is 2.57. The van der Waals surface area contributed by atoms with Crippen LogP contribution in [-0.2, 0) is 22.9 Å². The molecule has 0 aliphatic heterocycles. The number of hydrogen-bond donors (Lipinski definition) is 1. The van der Waals surface area contributed by atoms with Crippen LogP contribution in [0.3, 0.4) is 0 Å². The molecule has 0 saturated heterocycles. The second-order valence-electron chi connectivity index (χ2n) is 3.97. The average Bonchev–Trinajstić information content (AvgIpc) is 2.89. The Bertz CT molecular complexity index is 623. The first-order valence-corrected chi connectivity index (χ1v) is 8.24. The summed E-state index contributed by atoms with van der Waals surface area (Å²) in [6, 6.07) is 3.50. The van der Waals surface area contributed by atoms with Crippen LogP contribution in [0.4, 0.5) is 0 Å². The van der Waals surface area contributed by atoms with Crippen molar-refractivity contribution in [2.75, 3.05) is 6.54 Å². The van der Waals surface area contributed by atoms with Crippen LogP contribution in [0.25, 0.3) is 0 Å². The summed E-state index contributed by atoms with van der Waals surface area (Å²) in [5.41, 5.74) is 0.908. The van der Waals surface area contributed by atoms with E-state index in [1.165, 1.54) is 17.7 Å². The van der Waals surface area contributed by atoms with Crippen molar-refractivity contribution in [1.82, 2.24) is 14.7 Å². The molecule has 0 amide bonds. The van der Waals surface area contributed by atoms with E-state index in [4.69, 9.17) is 0 Å². The van der Waals surface area contributed by atoms with E-state index in [2.05, 4.69) is 14.7 Å². The van der Waals surface area contributed by atoms with Crippen LogP contribution in [0.5, 0.6) is 0 Å². The van der Waals surface area contributed by atoms with E-state index in [0.717, 1.165) is 16.9 Å². The molecule has 0 aromatic carbocycles. The van der Waals surface area contributed by atoms with Crippen molar-refractivity contribution < 1.29 is 8.42 Å². The highest BCUT2D eigenvalue weighted by Crippen LogP contribution is 2.21. The van der Waals surface area contributed by atoms with Crippen LogP contribution in [-0.4, -0.2) is 24.9 Å². The van der Waals surface area contributed by atoms with E-state index in [1.807, 2.05) is 13.0 Å². The highest BCUT2D eigenvalue weighted by molar-refractivity contribution is 7.91. The molecule has 0 aliphatic carbocycles. The van der Waals surface area contributed by atoms with Gasteiger partial charge in [-0.2, -0.15) is 0 Å². The first kappa shape index (κ1) is 14.1. The molecule has 2 rings (SSSR count). The van der Waals surface area contributed by atoms with Gasteiger partial charge in [0.2, 0.25) is 10.0 Å². The Morgan fingerprint density at radius 2 is 2.00 bits per heavy atom. The quantitative estimate of drug-likeness (QED) is 0.879. The van der Waals surface area contributed by atoms with E-state index in [-0.39, 0.29) is 0 Å². The standard InChI is InChI=1S/C12H15N3O2S2/c1-2-11-3-4-12(18-11)19(16,17)15-6-5-10-7-13-9-14-8-10/h3-4,7-9,15H,2,5-6H2,1H3. The number of aromatic nitrogens is 2. The van der Waals surface area contributed by atoms with E-state index in [1.54, 1.807) is 18.5 Å². The molecule has 0 spiro atoms. The van der Waals surface area contributed by atoms with E-state index in [9.17, 15) is 8.42 Å².